The molecule has 84 valence electrons. The van der Waals surface area contributed by atoms with Crippen molar-refractivity contribution in [1.29, 1.82) is 0 Å². The maximum absolute atomic E-state index is 11.9. The lowest BCUT2D eigenvalue weighted by molar-refractivity contribution is -0.0498. The maximum atomic E-state index is 11.9. The van der Waals surface area contributed by atoms with E-state index < -0.39 is 6.61 Å². The van der Waals surface area contributed by atoms with Crippen molar-refractivity contribution in [2.75, 3.05) is 6.54 Å². The van der Waals surface area contributed by atoms with E-state index in [-0.39, 0.29) is 11.2 Å². The fourth-order valence-electron chi connectivity index (χ4n) is 1.21. The fourth-order valence-corrected chi connectivity index (χ4v) is 1.21. The van der Waals surface area contributed by atoms with E-state index in [1.165, 1.54) is 12.1 Å². The summed E-state index contributed by atoms with van der Waals surface area (Å²) in [7, 11) is 0. The van der Waals surface area contributed by atoms with Gasteiger partial charge in [0.2, 0.25) is 0 Å². The Balaban J connectivity index is 2.81. The van der Waals surface area contributed by atoms with Gasteiger partial charge in [-0.1, -0.05) is 26.0 Å². The minimum absolute atomic E-state index is 0.149. The molecule has 0 radical (unpaired) electrons. The van der Waals surface area contributed by atoms with E-state index in [0.717, 1.165) is 5.56 Å². The first-order valence-electron chi connectivity index (χ1n) is 4.71. The number of hydrogen-bond acceptors (Lipinski definition) is 2. The predicted octanol–water partition coefficient (Wildman–Crippen LogP) is 2.52. The van der Waals surface area contributed by atoms with Gasteiger partial charge >= 0.3 is 6.61 Å². The van der Waals surface area contributed by atoms with Gasteiger partial charge in [-0.15, -0.1) is 0 Å². The third-order valence-electron chi connectivity index (χ3n) is 2.37. The van der Waals surface area contributed by atoms with Crippen LogP contribution < -0.4 is 10.5 Å². The quantitative estimate of drug-likeness (QED) is 0.837. The van der Waals surface area contributed by atoms with Crippen molar-refractivity contribution in [2.24, 2.45) is 5.73 Å². The van der Waals surface area contributed by atoms with Crippen molar-refractivity contribution < 1.29 is 13.5 Å². The molecule has 0 saturated carbocycles. The Kier molecular flexibility index (Phi) is 3.63. The second-order valence-corrected chi connectivity index (χ2v) is 3.99. The molecule has 0 heterocycles. The maximum Gasteiger partial charge on any atom is 0.387 e. The SMILES string of the molecule is CC(C)(CN)c1ccc(OC(F)F)cc1. The van der Waals surface area contributed by atoms with E-state index in [9.17, 15) is 8.78 Å². The van der Waals surface area contributed by atoms with Crippen LogP contribution in [0.15, 0.2) is 24.3 Å². The van der Waals surface area contributed by atoms with E-state index in [1.807, 2.05) is 13.8 Å². The first kappa shape index (κ1) is 11.9. The number of benzene rings is 1. The summed E-state index contributed by atoms with van der Waals surface area (Å²) < 4.78 is 28.0. The second-order valence-electron chi connectivity index (χ2n) is 3.99. The molecule has 15 heavy (non-hydrogen) atoms. The van der Waals surface area contributed by atoms with E-state index in [2.05, 4.69) is 4.74 Å². The lowest BCUT2D eigenvalue weighted by Gasteiger charge is -2.23. The Morgan fingerprint density at radius 3 is 2.20 bits per heavy atom. The number of nitrogens with two attached hydrogens (primary N) is 1. The third kappa shape index (κ3) is 3.16. The van der Waals surface area contributed by atoms with Crippen molar-refractivity contribution in [2.45, 2.75) is 25.9 Å². The molecule has 0 saturated heterocycles. The summed E-state index contributed by atoms with van der Waals surface area (Å²) in [5, 5.41) is 0. The van der Waals surface area contributed by atoms with Crippen LogP contribution in [0.4, 0.5) is 8.78 Å². The normalized spacial score (nSPS) is 11.9. The molecule has 1 aromatic rings. The molecule has 0 aliphatic rings. The molecule has 0 atom stereocenters. The number of ether oxygens (including phenoxy) is 1. The summed E-state index contributed by atoms with van der Waals surface area (Å²) in [6, 6.07) is 6.56. The Bertz CT molecular complexity index is 309. The van der Waals surface area contributed by atoms with Gasteiger partial charge in [0.1, 0.15) is 5.75 Å². The highest BCUT2D eigenvalue weighted by Crippen LogP contribution is 2.24. The van der Waals surface area contributed by atoms with Crippen molar-refractivity contribution in [3.63, 3.8) is 0 Å². The Morgan fingerprint density at radius 1 is 1.27 bits per heavy atom. The average Bonchev–Trinajstić information content (AvgIpc) is 2.18. The van der Waals surface area contributed by atoms with Gasteiger partial charge in [0.15, 0.2) is 0 Å². The number of hydrogen-bond donors (Lipinski definition) is 1. The van der Waals surface area contributed by atoms with Crippen LogP contribution in [0.2, 0.25) is 0 Å². The van der Waals surface area contributed by atoms with E-state index in [0.29, 0.717) is 6.54 Å². The van der Waals surface area contributed by atoms with Crippen LogP contribution >= 0.6 is 0 Å². The van der Waals surface area contributed by atoms with Gasteiger partial charge in [0, 0.05) is 12.0 Å². The fraction of sp³-hybridized carbons (Fsp3) is 0.455. The summed E-state index contributed by atoms with van der Waals surface area (Å²) in [4.78, 5) is 0. The molecule has 0 fully saturated rings. The zero-order chi connectivity index (χ0) is 11.5. The molecular formula is C11H15F2NO. The molecule has 0 amide bonds. The number of halogens is 2. The molecule has 0 unspecified atom stereocenters. The number of alkyl halides is 2. The minimum atomic E-state index is -2.78. The van der Waals surface area contributed by atoms with Crippen LogP contribution in [-0.4, -0.2) is 13.2 Å². The first-order valence-corrected chi connectivity index (χ1v) is 4.71. The zero-order valence-corrected chi connectivity index (χ0v) is 8.84. The molecular weight excluding hydrogens is 200 g/mol. The first-order chi connectivity index (χ1) is 6.95. The standard InChI is InChI=1S/C11H15F2NO/c1-11(2,7-14)8-3-5-9(6-4-8)15-10(12)13/h3-6,10H,7,14H2,1-2H3. The van der Waals surface area contributed by atoms with Crippen LogP contribution in [0.25, 0.3) is 0 Å². The highest BCUT2D eigenvalue weighted by molar-refractivity contribution is 5.31. The molecule has 2 N–H and O–H groups in total. The van der Waals surface area contributed by atoms with E-state index >= 15 is 0 Å². The van der Waals surface area contributed by atoms with Crippen LogP contribution in [-0.2, 0) is 5.41 Å². The van der Waals surface area contributed by atoms with Crippen LogP contribution in [0.3, 0.4) is 0 Å². The molecule has 0 spiro atoms. The molecule has 1 rings (SSSR count). The van der Waals surface area contributed by atoms with Crippen LogP contribution in [0.1, 0.15) is 19.4 Å². The molecule has 2 nitrogen and oxygen atoms in total. The summed E-state index contributed by atoms with van der Waals surface area (Å²) in [6.45, 7) is 1.71. The number of rotatable bonds is 4. The average molecular weight is 215 g/mol. The van der Waals surface area contributed by atoms with Crippen molar-refractivity contribution in [3.8, 4) is 5.75 Å². The van der Waals surface area contributed by atoms with E-state index in [1.54, 1.807) is 12.1 Å². The lowest BCUT2D eigenvalue weighted by Crippen LogP contribution is -2.27. The molecule has 0 bridgehead atoms. The third-order valence-corrected chi connectivity index (χ3v) is 2.37. The van der Waals surface area contributed by atoms with Crippen molar-refractivity contribution in [1.82, 2.24) is 0 Å². The molecule has 0 aliphatic carbocycles. The van der Waals surface area contributed by atoms with Crippen LogP contribution in [0, 0.1) is 0 Å². The van der Waals surface area contributed by atoms with Gasteiger partial charge in [-0.3, -0.25) is 0 Å². The zero-order valence-electron chi connectivity index (χ0n) is 8.84. The van der Waals surface area contributed by atoms with Gasteiger partial charge in [-0.25, -0.2) is 0 Å². The van der Waals surface area contributed by atoms with E-state index in [4.69, 9.17) is 5.73 Å². The van der Waals surface area contributed by atoms with Gasteiger partial charge < -0.3 is 10.5 Å². The summed E-state index contributed by atoms with van der Waals surface area (Å²) in [5.74, 6) is 0.168. The summed E-state index contributed by atoms with van der Waals surface area (Å²) >= 11 is 0. The van der Waals surface area contributed by atoms with Gasteiger partial charge in [0.05, 0.1) is 0 Å². The minimum Gasteiger partial charge on any atom is -0.435 e. The van der Waals surface area contributed by atoms with Gasteiger partial charge in [-0.2, -0.15) is 8.78 Å². The molecule has 4 heteroatoms. The largest absolute Gasteiger partial charge is 0.435 e. The monoisotopic (exact) mass is 215 g/mol. The van der Waals surface area contributed by atoms with Crippen molar-refractivity contribution in [3.05, 3.63) is 29.8 Å². The molecule has 0 aliphatic heterocycles. The smallest absolute Gasteiger partial charge is 0.387 e. The predicted molar refractivity (Wildman–Crippen MR) is 55.2 cm³/mol. The highest BCUT2D eigenvalue weighted by Gasteiger charge is 2.18. The molecule has 1 aromatic carbocycles. The molecule has 0 aromatic heterocycles. The van der Waals surface area contributed by atoms with Gasteiger partial charge in [-0.05, 0) is 17.7 Å². The Labute approximate surface area is 88.0 Å². The highest BCUT2D eigenvalue weighted by atomic mass is 19.3. The summed E-state index contributed by atoms with van der Waals surface area (Å²) in [6.07, 6.45) is 0. The van der Waals surface area contributed by atoms with Crippen molar-refractivity contribution >= 4 is 0 Å². The lowest BCUT2D eigenvalue weighted by atomic mass is 9.85. The second kappa shape index (κ2) is 4.57. The summed E-state index contributed by atoms with van der Waals surface area (Å²) in [5.41, 5.74) is 6.46. The van der Waals surface area contributed by atoms with Gasteiger partial charge in [0.25, 0.3) is 0 Å². The Morgan fingerprint density at radius 2 is 1.80 bits per heavy atom. The Hall–Kier alpha value is -1.16. The topological polar surface area (TPSA) is 35.2 Å². The van der Waals surface area contributed by atoms with Crippen LogP contribution in [0.5, 0.6) is 5.75 Å².